The molecule has 0 radical (unpaired) electrons. The van der Waals surface area contributed by atoms with E-state index in [1.165, 1.54) is 11.8 Å². The maximum atomic E-state index is 12.9. The third kappa shape index (κ3) is 6.28. The number of carbonyl (C=O) groups excluding carboxylic acids is 2. The molecule has 3 aromatic rings. The molecule has 2 N–H and O–H groups in total. The van der Waals surface area contributed by atoms with Gasteiger partial charge in [-0.3, -0.25) is 9.59 Å². The van der Waals surface area contributed by atoms with Crippen molar-refractivity contribution in [1.82, 2.24) is 0 Å². The number of hydrogen-bond donors (Lipinski definition) is 2. The molecular formula is C25H25ClN2O3S. The SMILES string of the molecule is CCC(Sc1cccc(NC(=O)c2cccc(C)c2)c1)C(=O)Nc1cc(Cl)ccc1OC. The van der Waals surface area contributed by atoms with Crippen molar-refractivity contribution in [2.24, 2.45) is 0 Å². The van der Waals surface area contributed by atoms with Crippen LogP contribution in [0.3, 0.4) is 0 Å². The molecule has 0 bridgehead atoms. The molecule has 1 atom stereocenters. The first-order chi connectivity index (χ1) is 15.4. The first kappa shape index (κ1) is 23.7. The Hall–Kier alpha value is -2.96. The molecule has 0 fully saturated rings. The second-order valence-corrected chi connectivity index (χ2v) is 8.91. The number of nitrogens with one attached hydrogen (secondary N) is 2. The lowest BCUT2D eigenvalue weighted by Gasteiger charge is -2.17. The summed E-state index contributed by atoms with van der Waals surface area (Å²) >= 11 is 7.50. The molecule has 7 heteroatoms. The zero-order valence-corrected chi connectivity index (χ0v) is 19.7. The standard InChI is InChI=1S/C25H25ClN2O3S/c1-4-23(25(30)28-21-14-18(26)11-12-22(21)31-3)32-20-10-6-9-19(15-20)27-24(29)17-8-5-7-16(2)13-17/h5-15,23H,4H2,1-3H3,(H,27,29)(H,28,30). The number of anilines is 2. The second-order valence-electron chi connectivity index (χ2n) is 7.20. The van der Waals surface area contributed by atoms with Crippen LogP contribution in [0, 0.1) is 6.92 Å². The molecule has 0 aliphatic rings. The van der Waals surface area contributed by atoms with Crippen molar-refractivity contribution in [3.63, 3.8) is 0 Å². The molecule has 0 spiro atoms. The Kier molecular flexibility index (Phi) is 8.20. The summed E-state index contributed by atoms with van der Waals surface area (Å²) in [5, 5.41) is 6.01. The number of rotatable bonds is 8. The van der Waals surface area contributed by atoms with Crippen LogP contribution in [0.1, 0.15) is 29.3 Å². The number of thioether (sulfide) groups is 1. The van der Waals surface area contributed by atoms with Gasteiger partial charge in [0.15, 0.2) is 0 Å². The van der Waals surface area contributed by atoms with E-state index in [9.17, 15) is 9.59 Å². The molecule has 0 heterocycles. The maximum absolute atomic E-state index is 12.9. The molecule has 3 rings (SSSR count). The van der Waals surface area contributed by atoms with Crippen LogP contribution in [-0.2, 0) is 4.79 Å². The minimum atomic E-state index is -0.332. The van der Waals surface area contributed by atoms with Crippen LogP contribution >= 0.6 is 23.4 Å². The monoisotopic (exact) mass is 468 g/mol. The van der Waals surface area contributed by atoms with Gasteiger partial charge in [0.05, 0.1) is 18.0 Å². The quantitative estimate of drug-likeness (QED) is 0.374. The Morgan fingerprint density at radius 3 is 2.53 bits per heavy atom. The molecule has 0 aliphatic carbocycles. The minimum absolute atomic E-state index is 0.146. The molecule has 32 heavy (non-hydrogen) atoms. The summed E-state index contributed by atoms with van der Waals surface area (Å²) in [5.41, 5.74) is 2.83. The number of benzene rings is 3. The van der Waals surface area contributed by atoms with Crippen LogP contribution in [0.25, 0.3) is 0 Å². The topological polar surface area (TPSA) is 67.4 Å². The number of amides is 2. The van der Waals surface area contributed by atoms with Crippen molar-refractivity contribution in [3.8, 4) is 5.75 Å². The maximum Gasteiger partial charge on any atom is 0.255 e. The average Bonchev–Trinajstić information content (AvgIpc) is 2.78. The van der Waals surface area contributed by atoms with E-state index in [-0.39, 0.29) is 17.1 Å². The van der Waals surface area contributed by atoms with Crippen molar-refractivity contribution in [1.29, 1.82) is 0 Å². The molecule has 0 aliphatic heterocycles. The Labute approximate surface area is 197 Å². The summed E-state index contributed by atoms with van der Waals surface area (Å²) in [6.45, 7) is 3.90. The summed E-state index contributed by atoms with van der Waals surface area (Å²) in [7, 11) is 1.54. The second kappa shape index (κ2) is 11.1. The van der Waals surface area contributed by atoms with Crippen molar-refractivity contribution in [3.05, 3.63) is 82.9 Å². The van der Waals surface area contributed by atoms with Gasteiger partial charge in [-0.15, -0.1) is 11.8 Å². The fraction of sp³-hybridized carbons (Fsp3) is 0.200. The highest BCUT2D eigenvalue weighted by atomic mass is 35.5. The number of halogens is 1. The third-order valence-corrected chi connectivity index (χ3v) is 6.33. The average molecular weight is 469 g/mol. The molecule has 2 amide bonds. The number of carbonyl (C=O) groups is 2. The Morgan fingerprint density at radius 2 is 1.81 bits per heavy atom. The zero-order chi connectivity index (χ0) is 23.1. The normalized spacial score (nSPS) is 11.5. The molecule has 0 saturated heterocycles. The smallest absolute Gasteiger partial charge is 0.255 e. The largest absolute Gasteiger partial charge is 0.495 e. The van der Waals surface area contributed by atoms with E-state index in [1.807, 2.05) is 56.3 Å². The lowest BCUT2D eigenvalue weighted by molar-refractivity contribution is -0.115. The van der Waals surface area contributed by atoms with Crippen LogP contribution in [0.15, 0.2) is 71.6 Å². The van der Waals surface area contributed by atoms with Gasteiger partial charge in [0.2, 0.25) is 5.91 Å². The van der Waals surface area contributed by atoms with E-state index < -0.39 is 0 Å². The van der Waals surface area contributed by atoms with Gasteiger partial charge in [-0.2, -0.15) is 0 Å². The van der Waals surface area contributed by atoms with Crippen LogP contribution in [0.2, 0.25) is 5.02 Å². The van der Waals surface area contributed by atoms with E-state index in [0.717, 1.165) is 10.5 Å². The van der Waals surface area contributed by atoms with Gasteiger partial charge < -0.3 is 15.4 Å². The number of aryl methyl sites for hydroxylation is 1. The highest BCUT2D eigenvalue weighted by Gasteiger charge is 2.20. The van der Waals surface area contributed by atoms with Crippen LogP contribution in [0.4, 0.5) is 11.4 Å². The van der Waals surface area contributed by atoms with E-state index in [1.54, 1.807) is 31.4 Å². The van der Waals surface area contributed by atoms with Gasteiger partial charge >= 0.3 is 0 Å². The van der Waals surface area contributed by atoms with E-state index >= 15 is 0 Å². The van der Waals surface area contributed by atoms with Gasteiger partial charge in [0.25, 0.3) is 5.91 Å². The first-order valence-corrected chi connectivity index (χ1v) is 11.4. The summed E-state index contributed by atoms with van der Waals surface area (Å²) in [5.74, 6) is 0.226. The Balaban J connectivity index is 1.69. The summed E-state index contributed by atoms with van der Waals surface area (Å²) in [6, 6.07) is 20.0. The Morgan fingerprint density at radius 1 is 1.03 bits per heavy atom. The highest BCUT2D eigenvalue weighted by molar-refractivity contribution is 8.00. The molecular weight excluding hydrogens is 444 g/mol. The third-order valence-electron chi connectivity index (χ3n) is 4.73. The van der Waals surface area contributed by atoms with E-state index in [4.69, 9.17) is 16.3 Å². The zero-order valence-electron chi connectivity index (χ0n) is 18.1. The van der Waals surface area contributed by atoms with Crippen LogP contribution < -0.4 is 15.4 Å². The molecule has 1 unspecified atom stereocenters. The van der Waals surface area contributed by atoms with Crippen molar-refractivity contribution in [2.45, 2.75) is 30.4 Å². The predicted molar refractivity (Wildman–Crippen MR) is 132 cm³/mol. The van der Waals surface area contributed by atoms with E-state index in [2.05, 4.69) is 10.6 Å². The number of methoxy groups -OCH3 is 1. The Bertz CT molecular complexity index is 1120. The highest BCUT2D eigenvalue weighted by Crippen LogP contribution is 2.31. The van der Waals surface area contributed by atoms with Crippen LogP contribution in [-0.4, -0.2) is 24.2 Å². The summed E-state index contributed by atoms with van der Waals surface area (Å²) in [4.78, 5) is 26.3. The minimum Gasteiger partial charge on any atom is -0.495 e. The predicted octanol–water partition coefficient (Wildman–Crippen LogP) is 6.42. The fourth-order valence-corrected chi connectivity index (χ4v) is 4.30. The van der Waals surface area contributed by atoms with Crippen molar-refractivity contribution < 1.29 is 14.3 Å². The van der Waals surface area contributed by atoms with Gasteiger partial charge in [-0.05, 0) is 61.9 Å². The first-order valence-electron chi connectivity index (χ1n) is 10.2. The van der Waals surface area contributed by atoms with Crippen molar-refractivity contribution >= 4 is 46.6 Å². The number of ether oxygens (including phenoxy) is 1. The number of hydrogen-bond acceptors (Lipinski definition) is 4. The van der Waals surface area contributed by atoms with Crippen LogP contribution in [0.5, 0.6) is 5.75 Å². The van der Waals surface area contributed by atoms with E-state index in [0.29, 0.717) is 34.1 Å². The summed E-state index contributed by atoms with van der Waals surface area (Å²) in [6.07, 6.45) is 0.624. The molecule has 0 aromatic heterocycles. The summed E-state index contributed by atoms with van der Waals surface area (Å²) < 4.78 is 5.31. The van der Waals surface area contributed by atoms with Gasteiger partial charge in [0.1, 0.15) is 5.75 Å². The van der Waals surface area contributed by atoms with Gasteiger partial charge in [-0.1, -0.05) is 42.3 Å². The van der Waals surface area contributed by atoms with Gasteiger partial charge in [-0.25, -0.2) is 0 Å². The lowest BCUT2D eigenvalue weighted by atomic mass is 10.1. The molecule has 3 aromatic carbocycles. The fourth-order valence-electron chi connectivity index (χ4n) is 3.11. The van der Waals surface area contributed by atoms with Crippen molar-refractivity contribution in [2.75, 3.05) is 17.7 Å². The van der Waals surface area contributed by atoms with Gasteiger partial charge in [0, 0.05) is 21.2 Å². The molecule has 166 valence electrons. The molecule has 0 saturated carbocycles. The molecule has 5 nitrogen and oxygen atoms in total. The lowest BCUT2D eigenvalue weighted by Crippen LogP contribution is -2.24.